The molecular formula is C15H23N3O5S. The van der Waals surface area contributed by atoms with E-state index in [-0.39, 0.29) is 0 Å². The minimum Gasteiger partial charge on any atom is -0.496 e. The van der Waals surface area contributed by atoms with Crippen molar-refractivity contribution in [3.8, 4) is 17.2 Å². The van der Waals surface area contributed by atoms with Gasteiger partial charge < -0.3 is 14.2 Å². The molecule has 2 aliphatic rings. The molecule has 2 aliphatic heterocycles. The summed E-state index contributed by atoms with van der Waals surface area (Å²) in [6.07, 6.45) is 0.849. The number of rotatable bonds is 4. The lowest BCUT2D eigenvalue weighted by atomic mass is 10.1. The molecule has 1 saturated heterocycles. The fourth-order valence-electron chi connectivity index (χ4n) is 2.93. The van der Waals surface area contributed by atoms with Gasteiger partial charge in [-0.05, 0) is 6.07 Å². The molecule has 0 aliphatic carbocycles. The zero-order valence-corrected chi connectivity index (χ0v) is 14.5. The number of nitrogens with two attached hydrogens (primary N) is 1. The molecule has 0 aromatic heterocycles. The van der Waals surface area contributed by atoms with Gasteiger partial charge in [-0.3, -0.25) is 4.90 Å². The Balaban J connectivity index is 1.72. The molecule has 1 fully saturated rings. The molecule has 24 heavy (non-hydrogen) atoms. The van der Waals surface area contributed by atoms with Crippen LogP contribution in [0.4, 0.5) is 0 Å². The Bertz CT molecular complexity index is 687. The Hall–Kier alpha value is -1.55. The summed E-state index contributed by atoms with van der Waals surface area (Å²) in [4.78, 5) is 2.17. The molecule has 0 radical (unpaired) electrons. The van der Waals surface area contributed by atoms with Gasteiger partial charge in [-0.1, -0.05) is 0 Å². The zero-order valence-electron chi connectivity index (χ0n) is 13.7. The number of benzene rings is 1. The SMILES string of the molecule is COc1cc2c(cc1CN1CCN(S(N)(=O)=O)CC1)OCCCO2. The standard InChI is InChI=1S/C15H23N3O5S/c1-21-13-10-15-14(22-7-2-8-23-15)9-12(13)11-17-3-5-18(6-4-17)24(16,19)20/h9-10H,2-8,11H2,1H3,(H2,16,19,20). The summed E-state index contributed by atoms with van der Waals surface area (Å²) in [6, 6.07) is 3.81. The van der Waals surface area contributed by atoms with Crippen molar-refractivity contribution in [2.75, 3.05) is 46.5 Å². The van der Waals surface area contributed by atoms with Gasteiger partial charge in [0, 0.05) is 50.8 Å². The molecule has 0 atom stereocenters. The van der Waals surface area contributed by atoms with E-state index in [1.807, 2.05) is 12.1 Å². The van der Waals surface area contributed by atoms with Gasteiger partial charge in [-0.2, -0.15) is 12.7 Å². The average molecular weight is 357 g/mol. The molecular weight excluding hydrogens is 334 g/mol. The van der Waals surface area contributed by atoms with Crippen LogP contribution in [-0.2, 0) is 16.8 Å². The summed E-state index contributed by atoms with van der Waals surface area (Å²) in [5, 5.41) is 5.17. The summed E-state index contributed by atoms with van der Waals surface area (Å²) in [5.41, 5.74) is 0.991. The predicted molar refractivity (Wildman–Crippen MR) is 88.6 cm³/mol. The van der Waals surface area contributed by atoms with Gasteiger partial charge >= 0.3 is 0 Å². The summed E-state index contributed by atoms with van der Waals surface area (Å²) in [6.45, 7) is 3.94. The number of fused-ring (bicyclic) bond motifs is 1. The highest BCUT2D eigenvalue weighted by molar-refractivity contribution is 7.86. The lowest BCUT2D eigenvalue weighted by molar-refractivity contribution is 0.179. The lowest BCUT2D eigenvalue weighted by Crippen LogP contribution is -2.50. The molecule has 134 valence electrons. The molecule has 0 unspecified atom stereocenters. The lowest BCUT2D eigenvalue weighted by Gasteiger charge is -2.33. The van der Waals surface area contributed by atoms with E-state index in [1.54, 1.807) is 7.11 Å². The van der Waals surface area contributed by atoms with E-state index in [9.17, 15) is 8.42 Å². The number of ether oxygens (including phenoxy) is 3. The van der Waals surface area contributed by atoms with Crippen LogP contribution < -0.4 is 19.3 Å². The van der Waals surface area contributed by atoms with Gasteiger partial charge in [0.15, 0.2) is 11.5 Å². The molecule has 1 aromatic carbocycles. The van der Waals surface area contributed by atoms with E-state index in [0.29, 0.717) is 51.7 Å². The van der Waals surface area contributed by atoms with Crippen LogP contribution in [0, 0.1) is 0 Å². The Kier molecular flexibility index (Phi) is 5.14. The highest BCUT2D eigenvalue weighted by Crippen LogP contribution is 2.37. The van der Waals surface area contributed by atoms with Crippen LogP contribution in [-0.4, -0.2) is 64.1 Å². The van der Waals surface area contributed by atoms with Crippen molar-refractivity contribution in [3.63, 3.8) is 0 Å². The zero-order chi connectivity index (χ0) is 17.2. The summed E-state index contributed by atoms with van der Waals surface area (Å²) in [7, 11) is -1.98. The maximum absolute atomic E-state index is 11.4. The Morgan fingerprint density at radius 3 is 2.33 bits per heavy atom. The number of nitrogens with zero attached hydrogens (tertiary/aromatic N) is 2. The number of methoxy groups -OCH3 is 1. The Labute approximate surface area is 142 Å². The van der Waals surface area contributed by atoms with Gasteiger partial charge in [-0.15, -0.1) is 0 Å². The second-order valence-corrected chi connectivity index (χ2v) is 7.43. The topological polar surface area (TPSA) is 94.3 Å². The van der Waals surface area contributed by atoms with Gasteiger partial charge in [0.1, 0.15) is 5.75 Å². The first kappa shape index (κ1) is 17.3. The minimum atomic E-state index is -3.61. The third kappa shape index (κ3) is 3.92. The Morgan fingerprint density at radius 1 is 1.12 bits per heavy atom. The van der Waals surface area contributed by atoms with Crippen LogP contribution in [0.3, 0.4) is 0 Å². The minimum absolute atomic E-state index is 0.395. The van der Waals surface area contributed by atoms with E-state index in [1.165, 1.54) is 4.31 Å². The first-order valence-electron chi connectivity index (χ1n) is 7.94. The highest BCUT2D eigenvalue weighted by Gasteiger charge is 2.25. The van der Waals surface area contributed by atoms with Crippen molar-refractivity contribution in [2.24, 2.45) is 5.14 Å². The Morgan fingerprint density at radius 2 is 1.75 bits per heavy atom. The fourth-order valence-corrected chi connectivity index (χ4v) is 3.60. The summed E-state index contributed by atoms with van der Waals surface area (Å²) >= 11 is 0. The molecule has 9 heteroatoms. The smallest absolute Gasteiger partial charge is 0.276 e. The van der Waals surface area contributed by atoms with E-state index in [2.05, 4.69) is 4.90 Å². The van der Waals surface area contributed by atoms with E-state index in [4.69, 9.17) is 19.3 Å². The van der Waals surface area contributed by atoms with Crippen LogP contribution >= 0.6 is 0 Å². The number of piperazine rings is 1. The van der Waals surface area contributed by atoms with Crippen LogP contribution in [0.25, 0.3) is 0 Å². The van der Waals surface area contributed by atoms with Crippen molar-refractivity contribution < 1.29 is 22.6 Å². The van der Waals surface area contributed by atoms with Gasteiger partial charge in [0.2, 0.25) is 0 Å². The average Bonchev–Trinajstić information content (AvgIpc) is 2.78. The summed E-state index contributed by atoms with van der Waals surface area (Å²) < 4.78 is 41.0. The molecule has 2 N–H and O–H groups in total. The van der Waals surface area contributed by atoms with Gasteiger partial charge in [-0.25, -0.2) is 5.14 Å². The number of hydrogen-bond donors (Lipinski definition) is 1. The largest absolute Gasteiger partial charge is 0.496 e. The normalized spacial score (nSPS) is 19.8. The second kappa shape index (κ2) is 7.14. The predicted octanol–water partition coefficient (Wildman–Crippen LogP) is 0.178. The maximum Gasteiger partial charge on any atom is 0.276 e. The van der Waals surface area contributed by atoms with E-state index >= 15 is 0 Å². The molecule has 2 heterocycles. The molecule has 1 aromatic rings. The van der Waals surface area contributed by atoms with E-state index in [0.717, 1.165) is 23.5 Å². The first-order valence-corrected chi connectivity index (χ1v) is 9.44. The number of hydrogen-bond acceptors (Lipinski definition) is 6. The van der Waals surface area contributed by atoms with Crippen LogP contribution in [0.5, 0.6) is 17.2 Å². The molecule has 0 bridgehead atoms. The van der Waals surface area contributed by atoms with E-state index < -0.39 is 10.2 Å². The summed E-state index contributed by atoms with van der Waals surface area (Å²) in [5.74, 6) is 2.17. The van der Waals surface area contributed by atoms with Crippen molar-refractivity contribution in [3.05, 3.63) is 17.7 Å². The molecule has 0 spiro atoms. The monoisotopic (exact) mass is 357 g/mol. The third-order valence-electron chi connectivity index (χ3n) is 4.24. The molecule has 8 nitrogen and oxygen atoms in total. The maximum atomic E-state index is 11.4. The second-order valence-electron chi connectivity index (χ2n) is 5.88. The quantitative estimate of drug-likeness (QED) is 0.826. The molecule has 3 rings (SSSR count). The van der Waals surface area contributed by atoms with Crippen molar-refractivity contribution in [1.29, 1.82) is 0 Å². The van der Waals surface area contributed by atoms with Crippen molar-refractivity contribution in [1.82, 2.24) is 9.21 Å². The van der Waals surface area contributed by atoms with Crippen LogP contribution in [0.1, 0.15) is 12.0 Å². The van der Waals surface area contributed by atoms with Crippen molar-refractivity contribution >= 4 is 10.2 Å². The molecule has 0 saturated carbocycles. The fraction of sp³-hybridized carbons (Fsp3) is 0.600. The van der Waals surface area contributed by atoms with Crippen LogP contribution in [0.2, 0.25) is 0 Å². The van der Waals surface area contributed by atoms with Crippen molar-refractivity contribution in [2.45, 2.75) is 13.0 Å². The van der Waals surface area contributed by atoms with Gasteiger partial charge in [0.25, 0.3) is 10.2 Å². The van der Waals surface area contributed by atoms with Crippen LogP contribution in [0.15, 0.2) is 12.1 Å². The first-order chi connectivity index (χ1) is 11.5. The third-order valence-corrected chi connectivity index (χ3v) is 5.32. The molecule has 0 amide bonds. The van der Waals surface area contributed by atoms with Gasteiger partial charge in [0.05, 0.1) is 20.3 Å². The highest BCUT2D eigenvalue weighted by atomic mass is 32.2.